The van der Waals surface area contributed by atoms with E-state index < -0.39 is 5.24 Å². The van der Waals surface area contributed by atoms with Crippen LogP contribution in [0.2, 0.25) is 0 Å². The number of hydrogen-bond acceptors (Lipinski definition) is 9. The van der Waals surface area contributed by atoms with Crippen LogP contribution < -0.4 is 35.3 Å². The second-order valence-electron chi connectivity index (χ2n) is 11.9. The van der Waals surface area contributed by atoms with Crippen LogP contribution in [0.4, 0.5) is 0 Å². The Labute approximate surface area is 345 Å². The topological polar surface area (TPSA) is 155 Å². The Kier molecular flexibility index (Phi) is 23.5. The van der Waals surface area contributed by atoms with Crippen LogP contribution in [0.15, 0.2) is 135 Å². The van der Waals surface area contributed by atoms with Gasteiger partial charge < -0.3 is 35.3 Å². The minimum Gasteiger partial charge on any atom is -0.486 e. The number of carbonyl (C=O) groups excluding carboxylic acids is 4. The lowest BCUT2D eigenvalue weighted by Gasteiger charge is -2.07. The van der Waals surface area contributed by atoms with Gasteiger partial charge >= 0.3 is 0 Å². The van der Waals surface area contributed by atoms with Gasteiger partial charge in [0.1, 0.15) is 29.6 Å². The summed E-state index contributed by atoms with van der Waals surface area (Å²) in [5, 5.41) is 4.77. The van der Waals surface area contributed by atoms with Gasteiger partial charge in [-0.15, -0.1) is 19.7 Å². The van der Waals surface area contributed by atoms with E-state index >= 15 is 0 Å². The maximum atomic E-state index is 11.5. The van der Waals surface area contributed by atoms with Gasteiger partial charge in [0, 0.05) is 19.6 Å². The van der Waals surface area contributed by atoms with E-state index in [9.17, 15) is 19.2 Å². The highest BCUT2D eigenvalue weighted by molar-refractivity contribution is 6.63. The lowest BCUT2D eigenvalue weighted by atomic mass is 10.1. The molecule has 304 valence electrons. The van der Waals surface area contributed by atoms with Crippen LogP contribution in [-0.2, 0) is 19.2 Å². The third-order valence-corrected chi connectivity index (χ3v) is 7.15. The molecule has 0 aromatic heterocycles. The number of carbonyl (C=O) groups is 4. The highest BCUT2D eigenvalue weighted by atomic mass is 35.5. The zero-order chi connectivity index (χ0) is 42.4. The Morgan fingerprint density at radius 1 is 0.517 bits per heavy atom. The molecule has 0 saturated carbocycles. The Balaban J connectivity index is 0.000000373. The van der Waals surface area contributed by atoms with Crippen LogP contribution in [0.25, 0.3) is 24.3 Å². The fraction of sp³-hybridized carbons (Fsp3) is 0.174. The number of halogens is 1. The number of rotatable bonds is 21. The van der Waals surface area contributed by atoms with Gasteiger partial charge in [0.25, 0.3) is 17.1 Å². The number of ketones is 1. The van der Waals surface area contributed by atoms with Gasteiger partial charge in [-0.05, 0) is 89.3 Å². The van der Waals surface area contributed by atoms with E-state index in [4.69, 9.17) is 36.3 Å². The van der Waals surface area contributed by atoms with Gasteiger partial charge in [0.05, 0.1) is 0 Å². The second-order valence-corrected chi connectivity index (χ2v) is 12.3. The zero-order valence-electron chi connectivity index (χ0n) is 32.6. The molecule has 0 heterocycles. The number of nitrogens with two attached hydrogens (primary N) is 1. The molecule has 0 bridgehead atoms. The molecular weight excluding hydrogens is 758 g/mol. The van der Waals surface area contributed by atoms with Crippen molar-refractivity contribution >= 4 is 58.7 Å². The van der Waals surface area contributed by atoms with Crippen molar-refractivity contribution in [1.29, 1.82) is 0 Å². The average Bonchev–Trinajstić information content (AvgIpc) is 3.25. The molecule has 12 heteroatoms. The average molecular weight is 808 g/mol. The minimum absolute atomic E-state index is 0.0122. The van der Waals surface area contributed by atoms with Crippen LogP contribution in [0, 0.1) is 0 Å². The number of amides is 2. The van der Waals surface area contributed by atoms with E-state index in [1.165, 1.54) is 6.92 Å². The Hall–Kier alpha value is -6.69. The highest BCUT2D eigenvalue weighted by Crippen LogP contribution is 2.18. The molecule has 0 unspecified atom stereocenters. The number of benzene rings is 4. The van der Waals surface area contributed by atoms with E-state index in [0.717, 1.165) is 22.3 Å². The molecule has 0 fully saturated rings. The monoisotopic (exact) mass is 807 g/mol. The maximum absolute atomic E-state index is 11.5. The van der Waals surface area contributed by atoms with Crippen molar-refractivity contribution in [3.05, 3.63) is 157 Å². The van der Waals surface area contributed by atoms with E-state index in [1.54, 1.807) is 30.4 Å². The fourth-order valence-electron chi connectivity index (χ4n) is 4.18. The summed E-state index contributed by atoms with van der Waals surface area (Å²) >= 11 is 5.22. The summed E-state index contributed by atoms with van der Waals surface area (Å²) in [6.45, 7) is 13.2. The van der Waals surface area contributed by atoms with Crippen molar-refractivity contribution in [2.45, 2.75) is 6.92 Å². The highest BCUT2D eigenvalue weighted by Gasteiger charge is 2.03. The van der Waals surface area contributed by atoms with Gasteiger partial charge in [0.15, 0.2) is 25.6 Å². The first-order valence-corrected chi connectivity index (χ1v) is 18.4. The van der Waals surface area contributed by atoms with Crippen molar-refractivity contribution in [2.75, 3.05) is 46.1 Å². The third-order valence-electron chi connectivity index (χ3n) is 7.04. The second kappa shape index (κ2) is 28.7. The standard InChI is InChI=1S/C24H26N2O4.C19H17ClO4.C3H7N/c1-3-15-25-23(27)17-29-21-11-7-19(8-12-21)5-6-20-9-13-22(14-10-20)30-18-24(28)26-16-4-2;1-14(21)12-23-17-8-4-15(5-9-17)2-3-16-6-10-18(11-7-16)24-13-19(20)22;1-2-3-4/h3-14H,1-2,15-18H2,(H,25,27)(H,26,28);2-11H,12-13H2,1H3;2H,1,3-4H2/b6-5+;3-2+;. The molecule has 0 spiro atoms. The molecule has 0 aliphatic heterocycles. The van der Waals surface area contributed by atoms with Crippen molar-refractivity contribution < 1.29 is 38.1 Å². The summed E-state index contributed by atoms with van der Waals surface area (Å²) in [6, 6.07) is 29.7. The predicted molar refractivity (Wildman–Crippen MR) is 233 cm³/mol. The molecule has 4 N–H and O–H groups in total. The van der Waals surface area contributed by atoms with E-state index in [-0.39, 0.29) is 44.0 Å². The summed E-state index contributed by atoms with van der Waals surface area (Å²) in [7, 11) is 0. The quantitative estimate of drug-likeness (QED) is 0.0446. The normalized spacial score (nSPS) is 10.1. The Morgan fingerprint density at radius 2 is 0.793 bits per heavy atom. The van der Waals surface area contributed by atoms with Crippen molar-refractivity contribution in [3.63, 3.8) is 0 Å². The Morgan fingerprint density at radius 3 is 1.03 bits per heavy atom. The molecule has 0 aliphatic carbocycles. The first-order chi connectivity index (χ1) is 28.0. The van der Waals surface area contributed by atoms with E-state index in [2.05, 4.69) is 30.4 Å². The number of ether oxygens (including phenoxy) is 4. The molecule has 4 aromatic rings. The fourth-order valence-corrected chi connectivity index (χ4v) is 4.24. The molecule has 58 heavy (non-hydrogen) atoms. The molecule has 4 rings (SSSR count). The van der Waals surface area contributed by atoms with Gasteiger partial charge in [-0.3, -0.25) is 19.2 Å². The van der Waals surface area contributed by atoms with Crippen LogP contribution in [0.1, 0.15) is 29.2 Å². The maximum Gasteiger partial charge on any atom is 0.259 e. The van der Waals surface area contributed by atoms with Crippen LogP contribution in [0.5, 0.6) is 23.0 Å². The molecule has 0 radical (unpaired) electrons. The van der Waals surface area contributed by atoms with Crippen LogP contribution in [0.3, 0.4) is 0 Å². The summed E-state index contributed by atoms with van der Waals surface area (Å²) in [5.74, 6) is 2.11. The molecule has 0 saturated heterocycles. The van der Waals surface area contributed by atoms with Gasteiger partial charge in [-0.25, -0.2) is 0 Å². The first kappa shape index (κ1) is 47.5. The van der Waals surface area contributed by atoms with Gasteiger partial charge in [0.2, 0.25) is 0 Å². The van der Waals surface area contributed by atoms with Gasteiger partial charge in [-0.2, -0.15) is 0 Å². The molecule has 2 amide bonds. The van der Waals surface area contributed by atoms with Crippen molar-refractivity contribution in [3.8, 4) is 23.0 Å². The van der Waals surface area contributed by atoms with Crippen molar-refractivity contribution in [1.82, 2.24) is 10.6 Å². The van der Waals surface area contributed by atoms with E-state index in [1.807, 2.05) is 109 Å². The number of Topliss-reactive ketones (excluding diaryl/α,β-unsaturated/α-hetero) is 1. The van der Waals surface area contributed by atoms with Crippen LogP contribution >= 0.6 is 11.6 Å². The molecule has 0 atom stereocenters. The molecule has 0 aliphatic rings. The smallest absolute Gasteiger partial charge is 0.259 e. The van der Waals surface area contributed by atoms with Crippen LogP contribution in [-0.4, -0.2) is 68.9 Å². The predicted octanol–water partition coefficient (Wildman–Crippen LogP) is 7.32. The van der Waals surface area contributed by atoms with Gasteiger partial charge in [-0.1, -0.05) is 91.1 Å². The Bertz CT molecular complexity index is 1800. The largest absolute Gasteiger partial charge is 0.486 e. The molecule has 4 aromatic carbocycles. The third kappa shape index (κ3) is 22.0. The van der Waals surface area contributed by atoms with Crippen molar-refractivity contribution in [2.24, 2.45) is 5.73 Å². The lowest BCUT2D eigenvalue weighted by molar-refractivity contribution is -0.123. The lowest BCUT2D eigenvalue weighted by Crippen LogP contribution is -2.28. The summed E-state index contributed by atoms with van der Waals surface area (Å²) in [5.41, 5.74) is 8.91. The molecular formula is C46H50ClN3O8. The molecule has 11 nitrogen and oxygen atoms in total. The SMILES string of the molecule is C=CCN.C=CCNC(=O)COc1ccc(/C=C/c2ccc(OCC(=O)NCC=C)cc2)cc1.CC(=O)COc1ccc(/C=C/c2ccc(OCC(=O)Cl)cc2)cc1. The van der Waals surface area contributed by atoms with E-state index in [0.29, 0.717) is 42.6 Å². The summed E-state index contributed by atoms with van der Waals surface area (Å²) in [4.78, 5) is 44.5. The number of nitrogens with one attached hydrogen (secondary N) is 2. The summed E-state index contributed by atoms with van der Waals surface area (Å²) in [6.07, 6.45) is 12.8. The summed E-state index contributed by atoms with van der Waals surface area (Å²) < 4.78 is 21.4. The number of hydrogen-bond donors (Lipinski definition) is 3. The first-order valence-electron chi connectivity index (χ1n) is 18.1. The zero-order valence-corrected chi connectivity index (χ0v) is 33.3. The minimum atomic E-state index is -0.533.